The number of nitrogens with one attached hydrogen (secondary N) is 1. The summed E-state index contributed by atoms with van der Waals surface area (Å²) >= 11 is 5.82. The second-order valence-corrected chi connectivity index (χ2v) is 5.92. The summed E-state index contributed by atoms with van der Waals surface area (Å²) in [4.78, 5) is 8.77. The Morgan fingerprint density at radius 3 is 2.96 bits per heavy atom. The largest absolute Gasteiger partial charge is 0.411 e. The summed E-state index contributed by atoms with van der Waals surface area (Å²) in [5, 5.41) is 16.0. The number of rotatable bonds is 5. The standard InChI is InChI=1S/C17H16ClFN4O/c1-20-9-11-8-13-12(4-5-21-17(13)22-11)16(23-24)7-10-2-3-15(19)14(18)6-10/h2-6,20,24H,7-9H2,1H3/b23-16+. The Labute approximate surface area is 143 Å². The quantitative estimate of drug-likeness (QED) is 0.496. The molecular formula is C17H16ClFN4O. The van der Waals surface area contributed by atoms with Crippen molar-refractivity contribution in [2.75, 3.05) is 13.6 Å². The average molecular weight is 347 g/mol. The van der Waals surface area contributed by atoms with Gasteiger partial charge in [0.1, 0.15) is 5.82 Å². The van der Waals surface area contributed by atoms with E-state index >= 15 is 0 Å². The van der Waals surface area contributed by atoms with E-state index in [1.807, 2.05) is 7.05 Å². The molecule has 1 aliphatic rings. The molecule has 7 heteroatoms. The third-order valence-electron chi connectivity index (χ3n) is 3.85. The Morgan fingerprint density at radius 1 is 1.42 bits per heavy atom. The van der Waals surface area contributed by atoms with Crippen LogP contribution in [0, 0.1) is 5.82 Å². The van der Waals surface area contributed by atoms with Gasteiger partial charge < -0.3 is 10.5 Å². The molecule has 0 saturated carbocycles. The second kappa shape index (κ2) is 7.07. The smallest absolute Gasteiger partial charge is 0.156 e. The van der Waals surface area contributed by atoms with Crippen LogP contribution in [-0.4, -0.2) is 35.2 Å². The van der Waals surface area contributed by atoms with Crippen molar-refractivity contribution in [2.45, 2.75) is 12.8 Å². The molecule has 0 fully saturated rings. The maximum absolute atomic E-state index is 13.3. The average Bonchev–Trinajstić information content (AvgIpc) is 2.99. The van der Waals surface area contributed by atoms with E-state index in [4.69, 9.17) is 11.6 Å². The monoisotopic (exact) mass is 346 g/mol. The highest BCUT2D eigenvalue weighted by atomic mass is 35.5. The summed E-state index contributed by atoms with van der Waals surface area (Å²) in [6.45, 7) is 0.676. The van der Waals surface area contributed by atoms with Crippen LogP contribution in [0.15, 0.2) is 40.6 Å². The Hall–Kier alpha value is -2.31. The van der Waals surface area contributed by atoms with E-state index in [0.717, 1.165) is 22.4 Å². The minimum atomic E-state index is -0.474. The number of aliphatic imine (C=N–C) groups is 1. The zero-order valence-electron chi connectivity index (χ0n) is 13.1. The van der Waals surface area contributed by atoms with Crippen LogP contribution in [-0.2, 0) is 12.8 Å². The van der Waals surface area contributed by atoms with Gasteiger partial charge in [0.15, 0.2) is 5.82 Å². The SMILES string of the molecule is CNCC1=Nc2nccc(/C(Cc3ccc(F)c(Cl)c3)=N/O)c2C1. The maximum atomic E-state index is 13.3. The summed E-state index contributed by atoms with van der Waals surface area (Å²) in [5.74, 6) is 0.175. The molecule has 0 radical (unpaired) electrons. The van der Waals surface area contributed by atoms with E-state index in [0.29, 0.717) is 30.9 Å². The Morgan fingerprint density at radius 2 is 2.25 bits per heavy atom. The maximum Gasteiger partial charge on any atom is 0.156 e. The molecule has 2 aromatic rings. The molecule has 0 atom stereocenters. The van der Waals surface area contributed by atoms with Crippen LogP contribution in [0.1, 0.15) is 16.7 Å². The van der Waals surface area contributed by atoms with Gasteiger partial charge in [0.2, 0.25) is 0 Å². The number of oxime groups is 1. The highest BCUT2D eigenvalue weighted by Gasteiger charge is 2.21. The summed E-state index contributed by atoms with van der Waals surface area (Å²) in [7, 11) is 1.86. The fourth-order valence-electron chi connectivity index (χ4n) is 2.75. The Balaban J connectivity index is 1.89. The van der Waals surface area contributed by atoms with Gasteiger partial charge in [-0.3, -0.25) is 0 Å². The molecule has 24 heavy (non-hydrogen) atoms. The molecule has 0 bridgehead atoms. The lowest BCUT2D eigenvalue weighted by molar-refractivity contribution is 0.318. The fraction of sp³-hybridized carbons (Fsp3) is 0.235. The molecule has 1 aliphatic heterocycles. The van der Waals surface area contributed by atoms with Gasteiger partial charge in [-0.1, -0.05) is 22.8 Å². The van der Waals surface area contributed by atoms with Crippen molar-refractivity contribution in [1.82, 2.24) is 10.3 Å². The summed E-state index contributed by atoms with van der Waals surface area (Å²) in [6, 6.07) is 6.26. The van der Waals surface area contributed by atoms with Gasteiger partial charge in [-0.25, -0.2) is 14.4 Å². The van der Waals surface area contributed by atoms with Gasteiger partial charge in [-0.05, 0) is 30.8 Å². The zero-order valence-corrected chi connectivity index (χ0v) is 13.8. The fourth-order valence-corrected chi connectivity index (χ4v) is 2.95. The van der Waals surface area contributed by atoms with Gasteiger partial charge in [0.05, 0.1) is 10.7 Å². The number of benzene rings is 1. The molecule has 3 rings (SSSR count). The number of halogens is 2. The third-order valence-corrected chi connectivity index (χ3v) is 4.14. The minimum absolute atomic E-state index is 0.0457. The lowest BCUT2D eigenvalue weighted by atomic mass is 9.97. The number of hydrogen-bond donors (Lipinski definition) is 2. The molecule has 0 spiro atoms. The first-order valence-corrected chi connectivity index (χ1v) is 7.84. The zero-order chi connectivity index (χ0) is 17.1. The van der Waals surface area contributed by atoms with Gasteiger partial charge in [-0.15, -0.1) is 0 Å². The molecule has 2 N–H and O–H groups in total. The number of fused-ring (bicyclic) bond motifs is 1. The lowest BCUT2D eigenvalue weighted by Crippen LogP contribution is -2.19. The number of pyridine rings is 1. The second-order valence-electron chi connectivity index (χ2n) is 5.52. The number of hydrogen-bond acceptors (Lipinski definition) is 5. The third kappa shape index (κ3) is 3.29. The van der Waals surface area contributed by atoms with Gasteiger partial charge in [0, 0.05) is 42.4 Å². The van der Waals surface area contributed by atoms with Crippen LogP contribution in [0.5, 0.6) is 0 Å². The summed E-state index contributed by atoms with van der Waals surface area (Å²) in [5.41, 5.74) is 3.93. The van der Waals surface area contributed by atoms with Crippen LogP contribution < -0.4 is 5.32 Å². The van der Waals surface area contributed by atoms with Gasteiger partial charge in [-0.2, -0.15) is 0 Å². The normalized spacial score (nSPS) is 13.8. The molecule has 124 valence electrons. The number of nitrogens with zero attached hydrogens (tertiary/aromatic N) is 3. The molecule has 0 unspecified atom stereocenters. The van der Waals surface area contributed by atoms with Crippen molar-refractivity contribution in [3.05, 3.63) is 58.0 Å². The van der Waals surface area contributed by atoms with Crippen LogP contribution >= 0.6 is 11.6 Å². The molecule has 0 saturated heterocycles. The molecular weight excluding hydrogens is 331 g/mol. The molecule has 1 aromatic carbocycles. The van der Waals surface area contributed by atoms with E-state index in [1.54, 1.807) is 18.3 Å². The predicted octanol–water partition coefficient (Wildman–Crippen LogP) is 3.14. The van der Waals surface area contributed by atoms with Crippen LogP contribution in [0.25, 0.3) is 0 Å². The summed E-state index contributed by atoms with van der Waals surface area (Å²) in [6.07, 6.45) is 2.62. The van der Waals surface area contributed by atoms with E-state index in [2.05, 4.69) is 20.4 Å². The minimum Gasteiger partial charge on any atom is -0.411 e. The van der Waals surface area contributed by atoms with Crippen molar-refractivity contribution in [3.8, 4) is 0 Å². The highest BCUT2D eigenvalue weighted by Crippen LogP contribution is 2.28. The van der Waals surface area contributed by atoms with Crippen LogP contribution in [0.2, 0.25) is 5.02 Å². The first-order chi connectivity index (χ1) is 11.6. The van der Waals surface area contributed by atoms with E-state index in [1.165, 1.54) is 12.1 Å². The first-order valence-electron chi connectivity index (χ1n) is 7.46. The van der Waals surface area contributed by atoms with E-state index in [-0.39, 0.29) is 5.02 Å². The molecule has 2 heterocycles. The molecule has 1 aromatic heterocycles. The lowest BCUT2D eigenvalue weighted by Gasteiger charge is -2.10. The predicted molar refractivity (Wildman–Crippen MR) is 92.4 cm³/mol. The van der Waals surface area contributed by atoms with Crippen molar-refractivity contribution in [1.29, 1.82) is 0 Å². The van der Waals surface area contributed by atoms with E-state index in [9.17, 15) is 9.60 Å². The van der Waals surface area contributed by atoms with E-state index < -0.39 is 5.82 Å². The Kier molecular flexibility index (Phi) is 4.87. The molecule has 5 nitrogen and oxygen atoms in total. The highest BCUT2D eigenvalue weighted by molar-refractivity contribution is 6.30. The molecule has 0 aliphatic carbocycles. The van der Waals surface area contributed by atoms with Crippen molar-refractivity contribution >= 4 is 28.8 Å². The van der Waals surface area contributed by atoms with Crippen LogP contribution in [0.3, 0.4) is 0 Å². The van der Waals surface area contributed by atoms with Gasteiger partial charge >= 0.3 is 0 Å². The van der Waals surface area contributed by atoms with Crippen molar-refractivity contribution < 1.29 is 9.60 Å². The van der Waals surface area contributed by atoms with Crippen molar-refractivity contribution in [2.24, 2.45) is 10.1 Å². The van der Waals surface area contributed by atoms with Crippen LogP contribution in [0.4, 0.5) is 10.2 Å². The number of aromatic nitrogens is 1. The molecule has 0 amide bonds. The first kappa shape index (κ1) is 16.5. The summed E-state index contributed by atoms with van der Waals surface area (Å²) < 4.78 is 13.3. The topological polar surface area (TPSA) is 69.9 Å². The van der Waals surface area contributed by atoms with Gasteiger partial charge in [0.25, 0.3) is 0 Å². The van der Waals surface area contributed by atoms with Crippen molar-refractivity contribution in [3.63, 3.8) is 0 Å². The Bertz CT molecular complexity index is 835.